The summed E-state index contributed by atoms with van der Waals surface area (Å²) in [6.45, 7) is 5.70. The molecule has 0 aliphatic carbocycles. The Hall–Kier alpha value is -1.56. The number of ether oxygens (including phenoxy) is 1. The lowest BCUT2D eigenvalue weighted by Crippen LogP contribution is -2.32. The number of rotatable bonds is 2. The number of H-pyrrole nitrogens is 1. The minimum Gasteiger partial charge on any atom is -0.444 e. The van der Waals surface area contributed by atoms with Crippen LogP contribution < -0.4 is 5.32 Å². The molecule has 0 bridgehead atoms. The first-order valence-electron chi connectivity index (χ1n) is 6.18. The number of carbonyl (C=O) groups excluding carboxylic acids is 1. The number of hydrogen-bond acceptors (Lipinski definition) is 2. The van der Waals surface area contributed by atoms with Crippen molar-refractivity contribution < 1.29 is 13.9 Å². The monoisotopic (exact) mass is 342 g/mol. The molecule has 2 aromatic rings. The second-order valence-corrected chi connectivity index (χ2v) is 6.36. The lowest BCUT2D eigenvalue weighted by molar-refractivity contribution is 0.0523. The van der Waals surface area contributed by atoms with Crippen molar-refractivity contribution in [1.29, 1.82) is 0 Å². The van der Waals surface area contributed by atoms with Crippen molar-refractivity contribution in [2.45, 2.75) is 32.9 Å². The van der Waals surface area contributed by atoms with Gasteiger partial charge in [0, 0.05) is 16.6 Å². The molecule has 1 aromatic carbocycles. The molecule has 1 amide bonds. The topological polar surface area (TPSA) is 54.1 Å². The number of aromatic amines is 1. The molecule has 1 heterocycles. The molecule has 0 spiro atoms. The van der Waals surface area contributed by atoms with Crippen molar-refractivity contribution in [3.63, 3.8) is 0 Å². The van der Waals surface area contributed by atoms with Gasteiger partial charge in [0.25, 0.3) is 0 Å². The summed E-state index contributed by atoms with van der Waals surface area (Å²) < 4.78 is 18.9. The fourth-order valence-electron chi connectivity index (χ4n) is 1.76. The average molecular weight is 343 g/mol. The number of nitrogens with one attached hydrogen (secondary N) is 2. The Balaban J connectivity index is 2.05. The lowest BCUT2D eigenvalue weighted by atomic mass is 10.2. The van der Waals surface area contributed by atoms with Crippen molar-refractivity contribution in [2.24, 2.45) is 0 Å². The third-order valence-corrected chi connectivity index (χ3v) is 3.15. The number of hydrogen-bond donors (Lipinski definition) is 2. The van der Waals surface area contributed by atoms with Crippen LogP contribution in [-0.2, 0) is 11.3 Å². The highest BCUT2D eigenvalue weighted by Gasteiger charge is 2.16. The van der Waals surface area contributed by atoms with Gasteiger partial charge in [-0.05, 0) is 54.9 Å². The van der Waals surface area contributed by atoms with Gasteiger partial charge in [-0.15, -0.1) is 0 Å². The van der Waals surface area contributed by atoms with Crippen molar-refractivity contribution in [1.82, 2.24) is 10.3 Å². The molecule has 0 saturated carbocycles. The van der Waals surface area contributed by atoms with Crippen LogP contribution >= 0.6 is 15.9 Å². The van der Waals surface area contributed by atoms with Crippen LogP contribution in [0.4, 0.5) is 9.18 Å². The van der Waals surface area contributed by atoms with Gasteiger partial charge in [0.05, 0.1) is 11.0 Å². The number of aromatic nitrogens is 1. The van der Waals surface area contributed by atoms with Crippen molar-refractivity contribution in [3.05, 3.63) is 34.2 Å². The molecule has 0 radical (unpaired) electrons. The van der Waals surface area contributed by atoms with Gasteiger partial charge < -0.3 is 15.0 Å². The molecule has 0 aliphatic heterocycles. The second-order valence-electron chi connectivity index (χ2n) is 5.50. The first-order chi connectivity index (χ1) is 9.24. The van der Waals surface area contributed by atoms with Crippen LogP contribution in [0.15, 0.2) is 22.7 Å². The van der Waals surface area contributed by atoms with E-state index >= 15 is 0 Å². The molecule has 2 rings (SSSR count). The fourth-order valence-corrected chi connectivity index (χ4v) is 2.11. The van der Waals surface area contributed by atoms with Gasteiger partial charge in [-0.1, -0.05) is 0 Å². The Morgan fingerprint density at radius 1 is 1.40 bits per heavy atom. The molecule has 0 unspecified atom stereocenters. The van der Waals surface area contributed by atoms with Crippen LogP contribution in [0, 0.1) is 5.82 Å². The van der Waals surface area contributed by atoms with E-state index in [-0.39, 0.29) is 5.82 Å². The molecule has 0 aliphatic rings. The third-order valence-electron chi connectivity index (χ3n) is 2.54. The molecule has 1 aromatic heterocycles. The molecule has 20 heavy (non-hydrogen) atoms. The Morgan fingerprint density at radius 3 is 2.75 bits per heavy atom. The molecular formula is C14H16BrFN2O2. The highest BCUT2D eigenvalue weighted by atomic mass is 79.9. The normalized spacial score (nSPS) is 11.7. The molecule has 0 fully saturated rings. The number of halogens is 2. The first kappa shape index (κ1) is 14.8. The van der Waals surface area contributed by atoms with E-state index < -0.39 is 11.7 Å². The Kier molecular flexibility index (Phi) is 4.04. The van der Waals surface area contributed by atoms with E-state index in [1.807, 2.05) is 0 Å². The van der Waals surface area contributed by atoms with Crippen LogP contribution in [0.3, 0.4) is 0 Å². The van der Waals surface area contributed by atoms with E-state index in [0.717, 1.165) is 16.6 Å². The van der Waals surface area contributed by atoms with E-state index in [1.165, 1.54) is 6.07 Å². The zero-order valence-corrected chi connectivity index (χ0v) is 13.1. The third kappa shape index (κ3) is 3.72. The zero-order chi connectivity index (χ0) is 14.9. The summed E-state index contributed by atoms with van der Waals surface area (Å²) in [5.74, 6) is -0.317. The lowest BCUT2D eigenvalue weighted by Gasteiger charge is -2.19. The van der Waals surface area contributed by atoms with E-state index in [0.29, 0.717) is 11.0 Å². The number of alkyl carbamates (subject to hydrolysis) is 1. The van der Waals surface area contributed by atoms with Crippen molar-refractivity contribution >= 4 is 32.9 Å². The van der Waals surface area contributed by atoms with Gasteiger partial charge in [0.1, 0.15) is 11.4 Å². The molecule has 4 nitrogen and oxygen atoms in total. The summed E-state index contributed by atoms with van der Waals surface area (Å²) in [5, 5.41) is 3.40. The molecule has 2 N–H and O–H groups in total. The Labute approximate surface area is 124 Å². The highest BCUT2D eigenvalue weighted by Crippen LogP contribution is 2.23. The smallest absolute Gasteiger partial charge is 0.407 e. The number of benzene rings is 1. The predicted octanol–water partition coefficient (Wildman–Crippen LogP) is 4.09. The quantitative estimate of drug-likeness (QED) is 0.863. The molecule has 0 saturated heterocycles. The van der Waals surface area contributed by atoms with Crippen LogP contribution in [-0.4, -0.2) is 16.7 Å². The van der Waals surface area contributed by atoms with Crippen LogP contribution in [0.5, 0.6) is 0 Å². The van der Waals surface area contributed by atoms with Gasteiger partial charge >= 0.3 is 6.09 Å². The largest absolute Gasteiger partial charge is 0.444 e. The summed E-state index contributed by atoms with van der Waals surface area (Å²) >= 11 is 3.14. The van der Waals surface area contributed by atoms with Crippen LogP contribution in [0.2, 0.25) is 0 Å². The van der Waals surface area contributed by atoms with Crippen LogP contribution in [0.25, 0.3) is 10.9 Å². The van der Waals surface area contributed by atoms with Crippen molar-refractivity contribution in [2.75, 3.05) is 0 Å². The van der Waals surface area contributed by atoms with E-state index in [4.69, 9.17) is 4.74 Å². The van der Waals surface area contributed by atoms with Gasteiger partial charge in [0.15, 0.2) is 0 Å². The molecular weight excluding hydrogens is 327 g/mol. The maximum atomic E-state index is 13.4. The summed E-state index contributed by atoms with van der Waals surface area (Å²) in [4.78, 5) is 14.7. The maximum absolute atomic E-state index is 13.4. The zero-order valence-electron chi connectivity index (χ0n) is 11.5. The molecule has 6 heteroatoms. The van der Waals surface area contributed by atoms with Gasteiger partial charge in [-0.25, -0.2) is 9.18 Å². The number of amides is 1. The Morgan fingerprint density at radius 2 is 2.10 bits per heavy atom. The van der Waals surface area contributed by atoms with E-state index in [1.54, 1.807) is 32.9 Å². The summed E-state index contributed by atoms with van der Waals surface area (Å²) in [7, 11) is 0. The van der Waals surface area contributed by atoms with Crippen molar-refractivity contribution in [3.8, 4) is 0 Å². The standard InChI is InChI=1S/C14H16BrFN2O2/c1-14(2,3)20-13(19)17-7-9-4-8-5-11(16)10(15)6-12(8)18-9/h4-6,18H,7H2,1-3H3,(H,17,19). The fraction of sp³-hybridized carbons (Fsp3) is 0.357. The molecule has 0 atom stereocenters. The maximum Gasteiger partial charge on any atom is 0.407 e. The summed E-state index contributed by atoms with van der Waals surface area (Å²) in [6, 6.07) is 4.90. The van der Waals surface area contributed by atoms with Gasteiger partial charge in [0.2, 0.25) is 0 Å². The highest BCUT2D eigenvalue weighted by molar-refractivity contribution is 9.10. The summed E-state index contributed by atoms with van der Waals surface area (Å²) in [5.41, 5.74) is 1.06. The van der Waals surface area contributed by atoms with E-state index in [2.05, 4.69) is 26.2 Å². The minimum absolute atomic E-state index is 0.294. The SMILES string of the molecule is CC(C)(C)OC(=O)NCc1cc2cc(F)c(Br)cc2[nH]1. The van der Waals surface area contributed by atoms with E-state index in [9.17, 15) is 9.18 Å². The Bertz CT molecular complexity index is 607. The van der Waals surface area contributed by atoms with Gasteiger partial charge in [-0.2, -0.15) is 0 Å². The predicted molar refractivity (Wildman–Crippen MR) is 79.0 cm³/mol. The average Bonchev–Trinajstić information content (AvgIpc) is 2.67. The molecule has 108 valence electrons. The first-order valence-corrected chi connectivity index (χ1v) is 6.97. The number of fused-ring (bicyclic) bond motifs is 1. The summed E-state index contributed by atoms with van der Waals surface area (Å²) in [6.07, 6.45) is -0.483. The minimum atomic E-state index is -0.529. The van der Waals surface area contributed by atoms with Gasteiger partial charge in [-0.3, -0.25) is 0 Å². The number of carbonyl (C=O) groups is 1. The van der Waals surface area contributed by atoms with Crippen LogP contribution in [0.1, 0.15) is 26.5 Å². The second kappa shape index (κ2) is 5.44.